The number of carbonyl (C=O) groups is 1. The van der Waals surface area contributed by atoms with E-state index >= 15 is 0 Å². The zero-order valence-electron chi connectivity index (χ0n) is 12.6. The standard InChI is InChI=1S/C15H31NO2/c1-5-14(6-2)13(4)16-12-10-8-9-11-15(17)18-7-3/h13-14,16H,5-12H2,1-4H3. The molecule has 0 aliphatic carbocycles. The molecule has 0 bridgehead atoms. The molecule has 18 heavy (non-hydrogen) atoms. The SMILES string of the molecule is CCOC(=O)CCCCCNC(C)C(CC)CC. The van der Waals surface area contributed by atoms with E-state index in [2.05, 4.69) is 26.1 Å². The van der Waals surface area contributed by atoms with Crippen LogP contribution < -0.4 is 5.32 Å². The lowest BCUT2D eigenvalue weighted by molar-refractivity contribution is -0.143. The van der Waals surface area contributed by atoms with Crippen molar-refractivity contribution in [3.05, 3.63) is 0 Å². The molecule has 0 aliphatic rings. The Labute approximate surface area is 113 Å². The second kappa shape index (κ2) is 11.5. The highest BCUT2D eigenvalue weighted by Gasteiger charge is 2.11. The van der Waals surface area contributed by atoms with Crippen molar-refractivity contribution in [2.24, 2.45) is 5.92 Å². The third-order valence-corrected chi connectivity index (χ3v) is 3.59. The van der Waals surface area contributed by atoms with Crippen molar-refractivity contribution in [2.75, 3.05) is 13.2 Å². The molecular weight excluding hydrogens is 226 g/mol. The van der Waals surface area contributed by atoms with Crippen molar-refractivity contribution in [1.29, 1.82) is 0 Å². The molecule has 0 aromatic heterocycles. The Morgan fingerprint density at radius 2 is 1.78 bits per heavy atom. The molecule has 0 spiro atoms. The van der Waals surface area contributed by atoms with Crippen LogP contribution in [0, 0.1) is 5.92 Å². The first-order valence-electron chi connectivity index (χ1n) is 7.54. The summed E-state index contributed by atoms with van der Waals surface area (Å²) in [5.74, 6) is 0.723. The zero-order chi connectivity index (χ0) is 13.8. The van der Waals surface area contributed by atoms with Crippen LogP contribution in [0.15, 0.2) is 0 Å². The van der Waals surface area contributed by atoms with Crippen LogP contribution in [0.5, 0.6) is 0 Å². The third-order valence-electron chi connectivity index (χ3n) is 3.59. The Morgan fingerprint density at radius 3 is 2.33 bits per heavy atom. The number of nitrogens with one attached hydrogen (secondary N) is 1. The summed E-state index contributed by atoms with van der Waals surface area (Å²) in [4.78, 5) is 11.1. The summed E-state index contributed by atoms with van der Waals surface area (Å²) in [6.07, 6.45) is 6.24. The Balaban J connectivity index is 3.42. The molecule has 0 fully saturated rings. The van der Waals surface area contributed by atoms with E-state index in [0.29, 0.717) is 19.1 Å². The van der Waals surface area contributed by atoms with Gasteiger partial charge in [-0.3, -0.25) is 4.79 Å². The fourth-order valence-corrected chi connectivity index (χ4v) is 2.30. The maximum Gasteiger partial charge on any atom is 0.305 e. The molecule has 108 valence electrons. The minimum absolute atomic E-state index is 0.0594. The molecule has 1 atom stereocenters. The number of hydrogen-bond acceptors (Lipinski definition) is 3. The van der Waals surface area contributed by atoms with E-state index in [1.807, 2.05) is 6.92 Å². The van der Waals surface area contributed by atoms with Crippen molar-refractivity contribution in [2.45, 2.75) is 72.3 Å². The monoisotopic (exact) mass is 257 g/mol. The topological polar surface area (TPSA) is 38.3 Å². The number of ether oxygens (including phenoxy) is 1. The highest BCUT2D eigenvalue weighted by atomic mass is 16.5. The van der Waals surface area contributed by atoms with Crippen LogP contribution in [0.25, 0.3) is 0 Å². The normalized spacial score (nSPS) is 12.7. The lowest BCUT2D eigenvalue weighted by Gasteiger charge is -2.22. The van der Waals surface area contributed by atoms with E-state index in [4.69, 9.17) is 4.74 Å². The van der Waals surface area contributed by atoms with Crippen LogP contribution in [0.2, 0.25) is 0 Å². The van der Waals surface area contributed by atoms with Gasteiger partial charge in [-0.25, -0.2) is 0 Å². The molecule has 3 nitrogen and oxygen atoms in total. The van der Waals surface area contributed by atoms with E-state index in [9.17, 15) is 4.79 Å². The predicted molar refractivity (Wildman–Crippen MR) is 76.6 cm³/mol. The maximum atomic E-state index is 11.1. The van der Waals surface area contributed by atoms with E-state index in [1.54, 1.807) is 0 Å². The minimum atomic E-state index is -0.0594. The van der Waals surface area contributed by atoms with Gasteiger partial charge in [0, 0.05) is 12.5 Å². The average Bonchev–Trinajstić information content (AvgIpc) is 2.35. The third kappa shape index (κ3) is 8.51. The second-order valence-electron chi connectivity index (χ2n) is 4.94. The van der Waals surface area contributed by atoms with Gasteiger partial charge in [-0.2, -0.15) is 0 Å². The summed E-state index contributed by atoms with van der Waals surface area (Å²) in [6, 6.07) is 0.602. The Kier molecular flexibility index (Phi) is 11.2. The van der Waals surface area contributed by atoms with Crippen LogP contribution in [0.1, 0.15) is 66.2 Å². The summed E-state index contributed by atoms with van der Waals surface area (Å²) in [5, 5.41) is 3.58. The molecule has 0 saturated carbocycles. The summed E-state index contributed by atoms with van der Waals surface area (Å²) in [7, 11) is 0. The summed E-state index contributed by atoms with van der Waals surface area (Å²) < 4.78 is 4.89. The van der Waals surface area contributed by atoms with E-state index in [0.717, 1.165) is 31.7 Å². The average molecular weight is 257 g/mol. The Hall–Kier alpha value is -0.570. The van der Waals surface area contributed by atoms with Gasteiger partial charge in [-0.1, -0.05) is 33.1 Å². The van der Waals surface area contributed by atoms with E-state index < -0.39 is 0 Å². The van der Waals surface area contributed by atoms with Gasteiger partial charge >= 0.3 is 5.97 Å². The van der Waals surface area contributed by atoms with Crippen molar-refractivity contribution in [3.63, 3.8) is 0 Å². The van der Waals surface area contributed by atoms with Crippen LogP contribution in [0.3, 0.4) is 0 Å². The van der Waals surface area contributed by atoms with Gasteiger partial charge in [0.05, 0.1) is 6.61 Å². The van der Waals surface area contributed by atoms with Gasteiger partial charge in [0.2, 0.25) is 0 Å². The van der Waals surface area contributed by atoms with Crippen LogP contribution in [0.4, 0.5) is 0 Å². The van der Waals surface area contributed by atoms with Gasteiger partial charge in [-0.15, -0.1) is 0 Å². The highest BCUT2D eigenvalue weighted by Crippen LogP contribution is 2.12. The number of hydrogen-bond donors (Lipinski definition) is 1. The smallest absolute Gasteiger partial charge is 0.305 e. The Bertz CT molecular complexity index is 203. The first kappa shape index (κ1) is 17.4. The molecular formula is C15H31NO2. The number of carbonyl (C=O) groups excluding carboxylic acids is 1. The maximum absolute atomic E-state index is 11.1. The summed E-state index contributed by atoms with van der Waals surface area (Å²) in [5.41, 5.74) is 0. The minimum Gasteiger partial charge on any atom is -0.466 e. The molecule has 0 radical (unpaired) electrons. The van der Waals surface area contributed by atoms with Crippen molar-refractivity contribution >= 4 is 5.97 Å². The highest BCUT2D eigenvalue weighted by molar-refractivity contribution is 5.69. The molecule has 0 heterocycles. The fourth-order valence-electron chi connectivity index (χ4n) is 2.30. The predicted octanol–water partition coefficient (Wildman–Crippen LogP) is 3.52. The summed E-state index contributed by atoms with van der Waals surface area (Å²) in [6.45, 7) is 10.2. The molecule has 0 amide bonds. The van der Waals surface area contributed by atoms with Gasteiger partial charge < -0.3 is 10.1 Å². The quantitative estimate of drug-likeness (QED) is 0.454. The Morgan fingerprint density at radius 1 is 1.11 bits per heavy atom. The van der Waals surface area contributed by atoms with Crippen LogP contribution in [-0.2, 0) is 9.53 Å². The molecule has 0 rings (SSSR count). The van der Waals surface area contributed by atoms with Gasteiger partial charge in [0.25, 0.3) is 0 Å². The lowest BCUT2D eigenvalue weighted by Crippen LogP contribution is -2.33. The van der Waals surface area contributed by atoms with E-state index in [-0.39, 0.29) is 5.97 Å². The fraction of sp³-hybridized carbons (Fsp3) is 0.933. The van der Waals surface area contributed by atoms with Crippen LogP contribution >= 0.6 is 0 Å². The molecule has 3 heteroatoms. The molecule has 0 aromatic carbocycles. The van der Waals surface area contributed by atoms with Gasteiger partial charge in [0.1, 0.15) is 0 Å². The lowest BCUT2D eigenvalue weighted by atomic mass is 9.95. The largest absolute Gasteiger partial charge is 0.466 e. The first-order chi connectivity index (χ1) is 8.65. The number of unbranched alkanes of at least 4 members (excludes halogenated alkanes) is 2. The summed E-state index contributed by atoms with van der Waals surface area (Å²) >= 11 is 0. The van der Waals surface area contributed by atoms with Crippen LogP contribution in [-0.4, -0.2) is 25.2 Å². The van der Waals surface area contributed by atoms with E-state index in [1.165, 1.54) is 12.8 Å². The number of esters is 1. The molecule has 1 unspecified atom stereocenters. The van der Waals surface area contributed by atoms with Crippen molar-refractivity contribution in [3.8, 4) is 0 Å². The van der Waals surface area contributed by atoms with Gasteiger partial charge in [-0.05, 0) is 39.2 Å². The number of rotatable bonds is 11. The molecule has 0 saturated heterocycles. The van der Waals surface area contributed by atoms with Crippen molar-refractivity contribution < 1.29 is 9.53 Å². The van der Waals surface area contributed by atoms with Crippen molar-refractivity contribution in [1.82, 2.24) is 5.32 Å². The van der Waals surface area contributed by atoms with Gasteiger partial charge in [0.15, 0.2) is 0 Å². The zero-order valence-corrected chi connectivity index (χ0v) is 12.6. The molecule has 1 N–H and O–H groups in total. The molecule has 0 aliphatic heterocycles. The first-order valence-corrected chi connectivity index (χ1v) is 7.54. The molecule has 0 aromatic rings. The second-order valence-corrected chi connectivity index (χ2v) is 4.94.